The molecule has 1 aliphatic rings. The van der Waals surface area contributed by atoms with Gasteiger partial charge in [0.1, 0.15) is 0 Å². The Hall–Kier alpha value is -0.160. The lowest BCUT2D eigenvalue weighted by Crippen LogP contribution is -2.42. The lowest BCUT2D eigenvalue weighted by atomic mass is 9.95. The zero-order valence-corrected chi connectivity index (χ0v) is 11.7. The molecule has 1 atom stereocenters. The minimum atomic E-state index is -0.694. The van der Waals surface area contributed by atoms with Gasteiger partial charge >= 0.3 is 0 Å². The fourth-order valence-corrected chi connectivity index (χ4v) is 2.41. The molecule has 0 aromatic heterocycles. The Bertz CT molecular complexity index is 211. The summed E-state index contributed by atoms with van der Waals surface area (Å²) in [6.45, 7) is 6.68. The van der Waals surface area contributed by atoms with E-state index in [9.17, 15) is 5.11 Å². The fraction of sp³-hybridized carbons (Fsp3) is 1.00. The van der Waals surface area contributed by atoms with Crippen LogP contribution in [-0.4, -0.2) is 67.3 Å². The first-order valence-electron chi connectivity index (χ1n) is 6.72. The lowest BCUT2D eigenvalue weighted by Gasteiger charge is -2.34. The summed E-state index contributed by atoms with van der Waals surface area (Å²) in [5.41, 5.74) is 4.83. The smallest absolute Gasteiger partial charge is 0.0753 e. The van der Waals surface area contributed by atoms with Crippen LogP contribution in [0.3, 0.4) is 0 Å². The molecule has 0 aromatic carbocycles. The predicted octanol–water partition coefficient (Wildman–Crippen LogP) is 0.360. The molecule has 0 aliphatic carbocycles. The van der Waals surface area contributed by atoms with E-state index in [4.69, 9.17) is 5.73 Å². The summed E-state index contributed by atoms with van der Waals surface area (Å²) in [5, 5.41) is 9.87. The van der Waals surface area contributed by atoms with Crippen molar-refractivity contribution in [3.05, 3.63) is 0 Å². The molecule has 4 nitrogen and oxygen atoms in total. The molecule has 1 fully saturated rings. The van der Waals surface area contributed by atoms with Crippen LogP contribution in [0.5, 0.6) is 0 Å². The Morgan fingerprint density at radius 2 is 1.94 bits per heavy atom. The van der Waals surface area contributed by atoms with Crippen molar-refractivity contribution in [2.45, 2.75) is 31.8 Å². The summed E-state index contributed by atoms with van der Waals surface area (Å²) in [5.74, 6) is 0.844. The Kier molecular flexibility index (Phi) is 5.86. The number of hydrogen-bond donors (Lipinski definition) is 2. The molecule has 1 aliphatic heterocycles. The number of aliphatic hydroxyl groups is 1. The maximum absolute atomic E-state index is 9.87. The summed E-state index contributed by atoms with van der Waals surface area (Å²) in [6.07, 6.45) is 3.34. The first-order chi connectivity index (χ1) is 7.93. The van der Waals surface area contributed by atoms with Crippen molar-refractivity contribution in [3.63, 3.8) is 0 Å². The summed E-state index contributed by atoms with van der Waals surface area (Å²) >= 11 is 0. The van der Waals surface area contributed by atoms with Crippen molar-refractivity contribution in [3.8, 4) is 0 Å². The molecule has 1 unspecified atom stereocenters. The molecule has 0 bridgehead atoms. The van der Waals surface area contributed by atoms with Gasteiger partial charge in [0.25, 0.3) is 0 Å². The second-order valence-electron chi connectivity index (χ2n) is 6.00. The highest BCUT2D eigenvalue weighted by Gasteiger charge is 2.23. The van der Waals surface area contributed by atoms with E-state index in [1.807, 2.05) is 6.92 Å². The van der Waals surface area contributed by atoms with Gasteiger partial charge in [0.2, 0.25) is 0 Å². The van der Waals surface area contributed by atoms with Crippen LogP contribution in [0.1, 0.15) is 26.2 Å². The van der Waals surface area contributed by atoms with E-state index < -0.39 is 5.60 Å². The molecular formula is C13H29N3O. The maximum Gasteiger partial charge on any atom is 0.0753 e. The van der Waals surface area contributed by atoms with Gasteiger partial charge in [-0.2, -0.15) is 0 Å². The average molecular weight is 243 g/mol. The van der Waals surface area contributed by atoms with Crippen LogP contribution in [0.2, 0.25) is 0 Å². The first kappa shape index (κ1) is 14.9. The minimum absolute atomic E-state index is 0.351. The van der Waals surface area contributed by atoms with E-state index in [0.29, 0.717) is 6.54 Å². The van der Waals surface area contributed by atoms with Crippen molar-refractivity contribution < 1.29 is 5.11 Å². The molecule has 17 heavy (non-hydrogen) atoms. The van der Waals surface area contributed by atoms with Crippen molar-refractivity contribution in [2.24, 2.45) is 11.7 Å². The number of rotatable bonds is 6. The molecule has 1 rings (SSSR count). The van der Waals surface area contributed by atoms with Gasteiger partial charge in [-0.05, 0) is 59.3 Å². The van der Waals surface area contributed by atoms with E-state index in [0.717, 1.165) is 18.9 Å². The second-order valence-corrected chi connectivity index (χ2v) is 6.00. The Balaban J connectivity index is 2.19. The van der Waals surface area contributed by atoms with Crippen molar-refractivity contribution in [1.82, 2.24) is 9.80 Å². The minimum Gasteiger partial charge on any atom is -0.389 e. The van der Waals surface area contributed by atoms with Gasteiger partial charge in [0, 0.05) is 19.6 Å². The highest BCUT2D eigenvalue weighted by atomic mass is 16.3. The molecule has 102 valence electrons. The SMILES string of the molecule is CN(C)CC1CCN(CCC(C)(O)CN)CC1. The van der Waals surface area contributed by atoms with E-state index in [1.165, 1.54) is 32.5 Å². The molecule has 1 saturated heterocycles. The molecule has 4 heteroatoms. The predicted molar refractivity (Wildman–Crippen MR) is 72.0 cm³/mol. The molecule has 1 heterocycles. The third kappa shape index (κ3) is 5.82. The van der Waals surface area contributed by atoms with Crippen molar-refractivity contribution in [2.75, 3.05) is 46.8 Å². The van der Waals surface area contributed by atoms with Gasteiger partial charge in [-0.15, -0.1) is 0 Å². The second kappa shape index (κ2) is 6.69. The lowest BCUT2D eigenvalue weighted by molar-refractivity contribution is 0.0420. The van der Waals surface area contributed by atoms with Crippen LogP contribution in [0.15, 0.2) is 0 Å². The van der Waals surface area contributed by atoms with Crippen LogP contribution in [0.4, 0.5) is 0 Å². The first-order valence-corrected chi connectivity index (χ1v) is 6.72. The summed E-state index contributed by atoms with van der Waals surface area (Å²) in [7, 11) is 4.29. The van der Waals surface area contributed by atoms with Crippen molar-refractivity contribution >= 4 is 0 Å². The number of nitrogens with two attached hydrogens (primary N) is 1. The summed E-state index contributed by atoms with van der Waals surface area (Å²) in [4.78, 5) is 4.73. The Morgan fingerprint density at radius 3 is 2.41 bits per heavy atom. The standard InChI is InChI=1S/C13H29N3O/c1-13(17,11-14)6-9-16-7-4-12(5-8-16)10-15(2)3/h12,17H,4-11,14H2,1-3H3. The number of nitrogens with zero attached hydrogens (tertiary/aromatic N) is 2. The molecule has 0 amide bonds. The molecule has 0 spiro atoms. The Labute approximate surface area is 106 Å². The highest BCUT2D eigenvalue weighted by molar-refractivity contribution is 4.78. The van der Waals surface area contributed by atoms with E-state index in [2.05, 4.69) is 23.9 Å². The monoisotopic (exact) mass is 243 g/mol. The van der Waals surface area contributed by atoms with E-state index >= 15 is 0 Å². The van der Waals surface area contributed by atoms with Crippen molar-refractivity contribution in [1.29, 1.82) is 0 Å². The van der Waals surface area contributed by atoms with Gasteiger partial charge in [0.15, 0.2) is 0 Å². The zero-order valence-electron chi connectivity index (χ0n) is 11.7. The van der Waals surface area contributed by atoms with Crippen LogP contribution in [0.25, 0.3) is 0 Å². The third-order valence-electron chi connectivity index (χ3n) is 3.74. The molecular weight excluding hydrogens is 214 g/mol. The number of piperidine rings is 1. The number of hydrogen-bond acceptors (Lipinski definition) is 4. The van der Waals surface area contributed by atoms with Gasteiger partial charge in [-0.25, -0.2) is 0 Å². The van der Waals surface area contributed by atoms with E-state index in [1.54, 1.807) is 0 Å². The topological polar surface area (TPSA) is 52.7 Å². The summed E-state index contributed by atoms with van der Waals surface area (Å²) < 4.78 is 0. The van der Waals surface area contributed by atoms with Crippen LogP contribution in [-0.2, 0) is 0 Å². The molecule has 0 saturated carbocycles. The highest BCUT2D eigenvalue weighted by Crippen LogP contribution is 2.19. The molecule has 0 radical (unpaired) electrons. The third-order valence-corrected chi connectivity index (χ3v) is 3.74. The van der Waals surface area contributed by atoms with Gasteiger partial charge in [-0.1, -0.05) is 0 Å². The molecule has 3 N–H and O–H groups in total. The number of likely N-dealkylation sites (tertiary alicyclic amines) is 1. The van der Waals surface area contributed by atoms with Gasteiger partial charge in [-0.3, -0.25) is 0 Å². The normalized spacial score (nSPS) is 22.9. The molecule has 0 aromatic rings. The quantitative estimate of drug-likeness (QED) is 0.707. The van der Waals surface area contributed by atoms with Crippen LogP contribution < -0.4 is 5.73 Å². The van der Waals surface area contributed by atoms with Gasteiger partial charge < -0.3 is 20.6 Å². The van der Waals surface area contributed by atoms with Crippen LogP contribution >= 0.6 is 0 Å². The van der Waals surface area contributed by atoms with Gasteiger partial charge in [0.05, 0.1) is 5.60 Å². The van der Waals surface area contributed by atoms with Crippen LogP contribution in [0, 0.1) is 5.92 Å². The maximum atomic E-state index is 9.87. The zero-order chi connectivity index (χ0) is 12.9. The average Bonchev–Trinajstić information content (AvgIpc) is 2.28. The largest absolute Gasteiger partial charge is 0.389 e. The fourth-order valence-electron chi connectivity index (χ4n) is 2.41. The summed E-state index contributed by atoms with van der Waals surface area (Å²) in [6, 6.07) is 0. The Morgan fingerprint density at radius 1 is 1.35 bits per heavy atom. The van der Waals surface area contributed by atoms with E-state index in [-0.39, 0.29) is 0 Å².